The standard InChI is InChI=1S/C12H12N2O5/c1-5-7-6(19-8(5)9(15)16)3-2-4-12(7)10(17)13-11(18)14-12/h2-4H2,1H3,(H,15,16)(H2,13,14,17,18). The molecule has 2 aliphatic rings. The predicted octanol–water partition coefficient (Wildman–Crippen LogP) is 0.657. The van der Waals surface area contributed by atoms with E-state index in [1.54, 1.807) is 6.92 Å². The highest BCUT2D eigenvalue weighted by atomic mass is 16.4. The van der Waals surface area contributed by atoms with Crippen LogP contribution in [0.1, 0.15) is 40.3 Å². The molecule has 7 nitrogen and oxygen atoms in total. The number of aromatic carboxylic acids is 1. The first-order valence-corrected chi connectivity index (χ1v) is 5.95. The van der Waals surface area contributed by atoms with Crippen LogP contribution in [0.15, 0.2) is 4.42 Å². The van der Waals surface area contributed by atoms with E-state index >= 15 is 0 Å². The Bertz CT molecular complexity index is 618. The van der Waals surface area contributed by atoms with Crippen molar-refractivity contribution in [2.45, 2.75) is 31.7 Å². The molecule has 3 rings (SSSR count). The summed E-state index contributed by atoms with van der Waals surface area (Å²) in [5.74, 6) is -1.32. The predicted molar refractivity (Wildman–Crippen MR) is 61.7 cm³/mol. The van der Waals surface area contributed by atoms with Crippen molar-refractivity contribution in [2.24, 2.45) is 0 Å². The summed E-state index contributed by atoms with van der Waals surface area (Å²) in [6.07, 6.45) is 1.65. The second-order valence-electron chi connectivity index (χ2n) is 4.83. The Balaban J connectivity index is 2.23. The van der Waals surface area contributed by atoms with Gasteiger partial charge in [0.05, 0.1) is 0 Å². The Labute approximate surface area is 108 Å². The van der Waals surface area contributed by atoms with Gasteiger partial charge in [-0.2, -0.15) is 0 Å². The number of amides is 3. The van der Waals surface area contributed by atoms with Crippen LogP contribution in [-0.2, 0) is 16.8 Å². The Morgan fingerprint density at radius 2 is 2.16 bits per heavy atom. The van der Waals surface area contributed by atoms with Gasteiger partial charge in [-0.3, -0.25) is 10.1 Å². The first-order valence-electron chi connectivity index (χ1n) is 5.95. The third-order valence-corrected chi connectivity index (χ3v) is 3.74. The molecule has 1 aromatic heterocycles. The number of carbonyl (C=O) groups excluding carboxylic acids is 2. The zero-order chi connectivity index (χ0) is 13.8. The van der Waals surface area contributed by atoms with Crippen LogP contribution in [0, 0.1) is 6.92 Å². The number of carboxylic acids is 1. The minimum absolute atomic E-state index is 0.166. The summed E-state index contributed by atoms with van der Waals surface area (Å²) in [6.45, 7) is 1.59. The molecule has 3 amide bonds. The molecule has 2 heterocycles. The van der Waals surface area contributed by atoms with Crippen LogP contribution in [0.3, 0.4) is 0 Å². The Morgan fingerprint density at radius 1 is 1.42 bits per heavy atom. The number of fused-ring (bicyclic) bond motifs is 2. The van der Waals surface area contributed by atoms with Gasteiger partial charge in [0.15, 0.2) is 0 Å². The maximum Gasteiger partial charge on any atom is 0.372 e. The molecule has 0 aromatic carbocycles. The van der Waals surface area contributed by atoms with Crippen LogP contribution < -0.4 is 10.6 Å². The highest BCUT2D eigenvalue weighted by Gasteiger charge is 2.52. The highest BCUT2D eigenvalue weighted by Crippen LogP contribution is 2.41. The summed E-state index contributed by atoms with van der Waals surface area (Å²) in [5, 5.41) is 13.9. The van der Waals surface area contributed by atoms with Crippen molar-refractivity contribution in [1.82, 2.24) is 10.6 Å². The lowest BCUT2D eigenvalue weighted by atomic mass is 9.78. The number of rotatable bonds is 1. The van der Waals surface area contributed by atoms with Crippen LogP contribution in [0.2, 0.25) is 0 Å². The van der Waals surface area contributed by atoms with Gasteiger partial charge in [0.1, 0.15) is 11.3 Å². The minimum Gasteiger partial charge on any atom is -0.475 e. The normalized spacial score (nSPS) is 25.1. The summed E-state index contributed by atoms with van der Waals surface area (Å²) in [7, 11) is 0. The van der Waals surface area contributed by atoms with E-state index in [9.17, 15) is 14.4 Å². The Morgan fingerprint density at radius 3 is 2.74 bits per heavy atom. The number of hydrogen-bond acceptors (Lipinski definition) is 4. The average molecular weight is 264 g/mol. The average Bonchev–Trinajstić information content (AvgIpc) is 2.80. The van der Waals surface area contributed by atoms with Gasteiger partial charge in [0.2, 0.25) is 5.76 Å². The fourth-order valence-corrected chi connectivity index (χ4v) is 2.99. The second-order valence-corrected chi connectivity index (χ2v) is 4.83. The third-order valence-electron chi connectivity index (χ3n) is 3.74. The maximum absolute atomic E-state index is 12.1. The van der Waals surface area contributed by atoms with Crippen LogP contribution >= 0.6 is 0 Å². The third kappa shape index (κ3) is 1.41. The van der Waals surface area contributed by atoms with E-state index in [2.05, 4.69) is 10.6 Å². The van der Waals surface area contributed by atoms with E-state index in [1.165, 1.54) is 0 Å². The number of aryl methyl sites for hydroxylation is 1. The van der Waals surface area contributed by atoms with E-state index < -0.39 is 23.4 Å². The molecule has 1 aliphatic heterocycles. The zero-order valence-electron chi connectivity index (χ0n) is 10.2. The number of furan rings is 1. The fraction of sp³-hybridized carbons (Fsp3) is 0.417. The second kappa shape index (κ2) is 3.59. The summed E-state index contributed by atoms with van der Waals surface area (Å²) >= 11 is 0. The molecule has 0 bridgehead atoms. The largest absolute Gasteiger partial charge is 0.475 e. The van der Waals surface area contributed by atoms with Crippen LogP contribution in [-0.4, -0.2) is 23.0 Å². The number of hydrogen-bond donors (Lipinski definition) is 3. The molecular weight excluding hydrogens is 252 g/mol. The maximum atomic E-state index is 12.1. The lowest BCUT2D eigenvalue weighted by molar-refractivity contribution is -0.124. The van der Waals surface area contributed by atoms with Gasteiger partial charge in [-0.15, -0.1) is 0 Å². The van der Waals surface area contributed by atoms with Crippen molar-refractivity contribution in [3.63, 3.8) is 0 Å². The Hall–Kier alpha value is -2.31. The molecule has 0 radical (unpaired) electrons. The molecule has 3 N–H and O–H groups in total. The van der Waals surface area contributed by atoms with Crippen molar-refractivity contribution < 1.29 is 23.9 Å². The highest BCUT2D eigenvalue weighted by molar-refractivity contribution is 6.08. The van der Waals surface area contributed by atoms with Gasteiger partial charge >= 0.3 is 12.0 Å². The number of imide groups is 1. The molecule has 1 unspecified atom stereocenters. The van der Waals surface area contributed by atoms with Crippen molar-refractivity contribution in [1.29, 1.82) is 0 Å². The Kier molecular flexibility index (Phi) is 2.23. The minimum atomic E-state index is -1.17. The molecule has 1 aromatic rings. The molecule has 1 aliphatic carbocycles. The molecule has 1 fully saturated rings. The summed E-state index contributed by atoms with van der Waals surface area (Å²) in [5.41, 5.74) is -0.273. The molecule has 1 atom stereocenters. The smallest absolute Gasteiger partial charge is 0.372 e. The summed E-state index contributed by atoms with van der Waals surface area (Å²) in [4.78, 5) is 34.6. The number of carbonyl (C=O) groups is 3. The first kappa shape index (κ1) is 11.8. The SMILES string of the molecule is Cc1c(C(=O)O)oc2c1C1(CCC2)NC(=O)NC1=O. The van der Waals surface area contributed by atoms with Gasteiger partial charge < -0.3 is 14.8 Å². The van der Waals surface area contributed by atoms with Crippen LogP contribution in [0.25, 0.3) is 0 Å². The molecule has 1 saturated heterocycles. The van der Waals surface area contributed by atoms with Crippen LogP contribution in [0.4, 0.5) is 4.79 Å². The van der Waals surface area contributed by atoms with E-state index in [0.717, 1.165) is 0 Å². The van der Waals surface area contributed by atoms with Crippen LogP contribution in [0.5, 0.6) is 0 Å². The van der Waals surface area contributed by atoms with Gasteiger partial charge in [0.25, 0.3) is 5.91 Å². The summed E-state index contributed by atoms with van der Waals surface area (Å²) < 4.78 is 5.34. The molecule has 7 heteroatoms. The van der Waals surface area contributed by atoms with Crippen molar-refractivity contribution >= 4 is 17.9 Å². The van der Waals surface area contributed by atoms with Crippen molar-refractivity contribution in [2.75, 3.05) is 0 Å². The zero-order valence-corrected chi connectivity index (χ0v) is 10.2. The van der Waals surface area contributed by atoms with Gasteiger partial charge in [-0.1, -0.05) is 0 Å². The topological polar surface area (TPSA) is 109 Å². The number of urea groups is 1. The molecule has 1 spiro atoms. The fourth-order valence-electron chi connectivity index (χ4n) is 2.99. The first-order chi connectivity index (χ1) is 8.95. The lowest BCUT2D eigenvalue weighted by Crippen LogP contribution is -2.46. The molecular formula is C12H12N2O5. The van der Waals surface area contributed by atoms with Crippen molar-refractivity contribution in [3.05, 3.63) is 22.6 Å². The molecule has 100 valence electrons. The van der Waals surface area contributed by atoms with E-state index in [0.29, 0.717) is 36.1 Å². The monoisotopic (exact) mass is 264 g/mol. The number of carboxylic acid groups (broad SMARTS) is 1. The van der Waals surface area contributed by atoms with E-state index in [-0.39, 0.29) is 5.76 Å². The molecule has 0 saturated carbocycles. The van der Waals surface area contributed by atoms with E-state index in [1.807, 2.05) is 0 Å². The van der Waals surface area contributed by atoms with Gasteiger partial charge in [-0.25, -0.2) is 9.59 Å². The van der Waals surface area contributed by atoms with Crippen molar-refractivity contribution in [3.8, 4) is 0 Å². The number of nitrogens with one attached hydrogen (secondary N) is 2. The molecule has 19 heavy (non-hydrogen) atoms. The summed E-state index contributed by atoms with van der Waals surface area (Å²) in [6, 6.07) is -0.560. The van der Waals surface area contributed by atoms with Gasteiger partial charge in [-0.05, 0) is 19.8 Å². The van der Waals surface area contributed by atoms with Gasteiger partial charge in [0, 0.05) is 17.5 Å². The lowest BCUT2D eigenvalue weighted by Gasteiger charge is -2.30. The van der Waals surface area contributed by atoms with E-state index in [4.69, 9.17) is 9.52 Å². The quantitative estimate of drug-likeness (QED) is 0.645.